The maximum absolute atomic E-state index is 14.0. The van der Waals surface area contributed by atoms with Crippen LogP contribution in [0.15, 0.2) is 34.8 Å². The zero-order valence-electron chi connectivity index (χ0n) is 11.4. The number of anilines is 1. The molecule has 0 aliphatic carbocycles. The van der Waals surface area contributed by atoms with Gasteiger partial charge in [0.1, 0.15) is 23.2 Å². The molecule has 2 nitrogen and oxygen atoms in total. The molecule has 1 unspecified atom stereocenters. The number of ether oxygens (including phenoxy) is 1. The summed E-state index contributed by atoms with van der Waals surface area (Å²) in [5.74, 6) is -1.49. The van der Waals surface area contributed by atoms with Crippen LogP contribution in [0.3, 0.4) is 0 Å². The van der Waals surface area contributed by atoms with E-state index < -0.39 is 23.5 Å². The molecule has 21 heavy (non-hydrogen) atoms. The summed E-state index contributed by atoms with van der Waals surface area (Å²) in [4.78, 5) is 0. The second kappa shape index (κ2) is 6.39. The van der Waals surface area contributed by atoms with Gasteiger partial charge in [-0.15, -0.1) is 0 Å². The zero-order chi connectivity index (χ0) is 15.6. The van der Waals surface area contributed by atoms with Crippen molar-refractivity contribution < 1.29 is 17.9 Å². The molecule has 0 aliphatic heterocycles. The van der Waals surface area contributed by atoms with E-state index in [1.54, 1.807) is 19.1 Å². The molecular weight excluding hydrogens is 347 g/mol. The average Bonchev–Trinajstić information content (AvgIpc) is 2.44. The molecule has 0 bridgehead atoms. The summed E-state index contributed by atoms with van der Waals surface area (Å²) in [6, 6.07) is 5.98. The van der Waals surface area contributed by atoms with Crippen LogP contribution in [0, 0.1) is 17.5 Å². The summed E-state index contributed by atoms with van der Waals surface area (Å²) in [7, 11) is 1.45. The molecule has 0 saturated heterocycles. The van der Waals surface area contributed by atoms with E-state index in [1.807, 2.05) is 0 Å². The molecule has 1 N–H and O–H groups in total. The van der Waals surface area contributed by atoms with E-state index >= 15 is 0 Å². The highest BCUT2D eigenvalue weighted by Crippen LogP contribution is 2.29. The van der Waals surface area contributed by atoms with Crippen molar-refractivity contribution in [1.29, 1.82) is 0 Å². The Morgan fingerprint density at radius 2 is 1.76 bits per heavy atom. The second-order valence-electron chi connectivity index (χ2n) is 4.50. The van der Waals surface area contributed by atoms with Crippen LogP contribution in [0.1, 0.15) is 18.5 Å². The van der Waals surface area contributed by atoms with Gasteiger partial charge < -0.3 is 10.1 Å². The molecule has 0 aromatic heterocycles. The molecule has 0 radical (unpaired) electrons. The van der Waals surface area contributed by atoms with Crippen LogP contribution >= 0.6 is 15.9 Å². The SMILES string of the molecule is COc1ccc(C(C)Nc2cc(Br)c(F)cc2F)c(F)c1. The van der Waals surface area contributed by atoms with E-state index in [-0.39, 0.29) is 10.2 Å². The summed E-state index contributed by atoms with van der Waals surface area (Å²) in [6.07, 6.45) is 0. The Morgan fingerprint density at radius 1 is 1.05 bits per heavy atom. The van der Waals surface area contributed by atoms with Gasteiger partial charge >= 0.3 is 0 Å². The highest BCUT2D eigenvalue weighted by molar-refractivity contribution is 9.10. The molecule has 0 spiro atoms. The van der Waals surface area contributed by atoms with Gasteiger partial charge in [0.05, 0.1) is 23.3 Å². The predicted molar refractivity (Wildman–Crippen MR) is 79.0 cm³/mol. The smallest absolute Gasteiger partial charge is 0.149 e. The highest BCUT2D eigenvalue weighted by atomic mass is 79.9. The van der Waals surface area contributed by atoms with Crippen LogP contribution in [0.4, 0.5) is 18.9 Å². The number of methoxy groups -OCH3 is 1. The third-order valence-corrected chi connectivity index (χ3v) is 3.66. The molecule has 6 heteroatoms. The molecule has 0 saturated carbocycles. The quantitative estimate of drug-likeness (QED) is 0.771. The highest BCUT2D eigenvalue weighted by Gasteiger charge is 2.15. The van der Waals surface area contributed by atoms with Gasteiger partial charge in [-0.3, -0.25) is 0 Å². The Morgan fingerprint density at radius 3 is 2.38 bits per heavy atom. The second-order valence-corrected chi connectivity index (χ2v) is 5.35. The minimum absolute atomic E-state index is 0.0889. The van der Waals surface area contributed by atoms with E-state index in [4.69, 9.17) is 4.74 Å². The Bertz CT molecular complexity index is 664. The van der Waals surface area contributed by atoms with Crippen LogP contribution in [-0.4, -0.2) is 7.11 Å². The lowest BCUT2D eigenvalue weighted by Crippen LogP contribution is -2.10. The van der Waals surface area contributed by atoms with Crippen LogP contribution in [0.25, 0.3) is 0 Å². The van der Waals surface area contributed by atoms with Gasteiger partial charge in [0.25, 0.3) is 0 Å². The summed E-state index contributed by atoms with van der Waals surface area (Å²) in [5, 5.41) is 2.82. The standard InChI is InChI=1S/C15H13BrF3NO/c1-8(10-4-3-9(21-2)5-12(10)17)20-15-6-11(16)13(18)7-14(15)19/h3-8,20H,1-2H3. The number of halogens is 4. The van der Waals surface area contributed by atoms with Gasteiger partial charge in [0, 0.05) is 17.7 Å². The Kier molecular flexibility index (Phi) is 4.77. The van der Waals surface area contributed by atoms with Crippen molar-refractivity contribution in [2.24, 2.45) is 0 Å². The Balaban J connectivity index is 2.26. The topological polar surface area (TPSA) is 21.3 Å². The summed E-state index contributed by atoms with van der Waals surface area (Å²) < 4.78 is 45.9. The number of nitrogens with one attached hydrogen (secondary N) is 1. The summed E-state index contributed by atoms with van der Waals surface area (Å²) in [6.45, 7) is 1.68. The molecule has 0 amide bonds. The van der Waals surface area contributed by atoms with Crippen molar-refractivity contribution in [1.82, 2.24) is 0 Å². The zero-order valence-corrected chi connectivity index (χ0v) is 13.0. The minimum Gasteiger partial charge on any atom is -0.497 e. The number of hydrogen-bond donors (Lipinski definition) is 1. The van der Waals surface area contributed by atoms with Crippen molar-refractivity contribution in [3.63, 3.8) is 0 Å². The maximum Gasteiger partial charge on any atom is 0.149 e. The summed E-state index contributed by atoms with van der Waals surface area (Å²) in [5.41, 5.74) is 0.446. The lowest BCUT2D eigenvalue weighted by atomic mass is 10.1. The molecule has 2 aromatic rings. The number of benzene rings is 2. The molecule has 2 aromatic carbocycles. The van der Waals surface area contributed by atoms with Gasteiger partial charge in [0.2, 0.25) is 0 Å². The number of rotatable bonds is 4. The van der Waals surface area contributed by atoms with E-state index in [2.05, 4.69) is 21.2 Å². The van der Waals surface area contributed by atoms with Crippen molar-refractivity contribution in [2.75, 3.05) is 12.4 Å². The van der Waals surface area contributed by atoms with Crippen LogP contribution in [0.5, 0.6) is 5.75 Å². The molecule has 2 rings (SSSR count). The lowest BCUT2D eigenvalue weighted by molar-refractivity contribution is 0.410. The fourth-order valence-electron chi connectivity index (χ4n) is 1.93. The van der Waals surface area contributed by atoms with E-state index in [9.17, 15) is 13.2 Å². The van der Waals surface area contributed by atoms with Crippen LogP contribution in [0.2, 0.25) is 0 Å². The maximum atomic E-state index is 14.0. The van der Waals surface area contributed by atoms with Crippen LogP contribution in [-0.2, 0) is 0 Å². The normalized spacial score (nSPS) is 12.1. The first-order chi connectivity index (χ1) is 9.92. The van der Waals surface area contributed by atoms with Crippen molar-refractivity contribution >= 4 is 21.6 Å². The van der Waals surface area contributed by atoms with Gasteiger partial charge in [-0.05, 0) is 35.0 Å². The van der Waals surface area contributed by atoms with Crippen LogP contribution < -0.4 is 10.1 Å². The fourth-order valence-corrected chi connectivity index (χ4v) is 2.27. The van der Waals surface area contributed by atoms with E-state index in [0.29, 0.717) is 11.3 Å². The first-order valence-electron chi connectivity index (χ1n) is 6.17. The van der Waals surface area contributed by atoms with E-state index in [0.717, 1.165) is 6.07 Å². The molecule has 0 aliphatic rings. The molecule has 0 fully saturated rings. The van der Waals surface area contributed by atoms with Gasteiger partial charge in [-0.2, -0.15) is 0 Å². The van der Waals surface area contributed by atoms with Crippen molar-refractivity contribution in [3.8, 4) is 5.75 Å². The molecule has 0 heterocycles. The predicted octanol–water partition coefficient (Wildman–Crippen LogP) is 5.05. The van der Waals surface area contributed by atoms with Crippen molar-refractivity contribution in [3.05, 3.63) is 57.8 Å². The van der Waals surface area contributed by atoms with E-state index in [1.165, 1.54) is 19.2 Å². The molecule has 1 atom stereocenters. The minimum atomic E-state index is -0.739. The monoisotopic (exact) mass is 359 g/mol. The third-order valence-electron chi connectivity index (χ3n) is 3.06. The number of hydrogen-bond acceptors (Lipinski definition) is 2. The lowest BCUT2D eigenvalue weighted by Gasteiger charge is -2.17. The van der Waals surface area contributed by atoms with Gasteiger partial charge in [-0.1, -0.05) is 6.07 Å². The first-order valence-corrected chi connectivity index (χ1v) is 6.96. The third kappa shape index (κ3) is 3.50. The first kappa shape index (κ1) is 15.7. The van der Waals surface area contributed by atoms with Gasteiger partial charge in [-0.25, -0.2) is 13.2 Å². The largest absolute Gasteiger partial charge is 0.497 e. The Labute approximate surface area is 129 Å². The molecule has 112 valence electrons. The average molecular weight is 360 g/mol. The van der Waals surface area contributed by atoms with Gasteiger partial charge in [0.15, 0.2) is 0 Å². The van der Waals surface area contributed by atoms with Crippen molar-refractivity contribution in [2.45, 2.75) is 13.0 Å². The Hall–Kier alpha value is -1.69. The fraction of sp³-hybridized carbons (Fsp3) is 0.200. The molecular formula is C15H13BrF3NO. The summed E-state index contributed by atoms with van der Waals surface area (Å²) >= 11 is 2.99.